The van der Waals surface area contributed by atoms with E-state index in [2.05, 4.69) is 10.2 Å². The fourth-order valence-corrected chi connectivity index (χ4v) is 2.72. The van der Waals surface area contributed by atoms with Crippen LogP contribution in [0.2, 0.25) is 0 Å². The van der Waals surface area contributed by atoms with Gasteiger partial charge in [0, 0.05) is 19.1 Å². The Morgan fingerprint density at radius 1 is 1.44 bits per heavy atom. The second-order valence-electron chi connectivity index (χ2n) is 4.87. The number of likely N-dealkylation sites (tertiary alicyclic amines) is 1. The summed E-state index contributed by atoms with van der Waals surface area (Å²) in [5.74, 6) is -0.314. The largest absolute Gasteiger partial charge is 0.405 e. The van der Waals surface area contributed by atoms with Crippen molar-refractivity contribution in [3.8, 4) is 0 Å². The predicted octanol–water partition coefficient (Wildman–Crippen LogP) is 0.443. The summed E-state index contributed by atoms with van der Waals surface area (Å²) in [5, 5.41) is 2.30. The lowest BCUT2D eigenvalue weighted by Gasteiger charge is -2.40. The van der Waals surface area contributed by atoms with Crippen molar-refractivity contribution in [1.29, 1.82) is 0 Å². The van der Waals surface area contributed by atoms with Gasteiger partial charge in [-0.25, -0.2) is 0 Å². The normalized spacial score (nSPS) is 31.7. The lowest BCUT2D eigenvalue weighted by atomic mass is 10.1. The molecular weight excluding hydrogens is 247 g/mol. The van der Waals surface area contributed by atoms with Gasteiger partial charge in [-0.15, -0.1) is 0 Å². The molecule has 2 rings (SSSR count). The predicted molar refractivity (Wildman–Crippen MR) is 60.1 cm³/mol. The highest BCUT2D eigenvalue weighted by atomic mass is 19.4. The van der Waals surface area contributed by atoms with Crippen LogP contribution in [0.25, 0.3) is 0 Å². The number of carbonyl (C=O) groups excluding carboxylic acids is 1. The Bertz CT molecular complexity index is 321. The Balaban J connectivity index is 2.09. The molecule has 2 aliphatic heterocycles. The summed E-state index contributed by atoms with van der Waals surface area (Å²) >= 11 is 0. The molecule has 18 heavy (non-hydrogen) atoms. The molecule has 2 unspecified atom stereocenters. The van der Waals surface area contributed by atoms with Crippen LogP contribution in [0.4, 0.5) is 13.2 Å². The van der Waals surface area contributed by atoms with Crippen molar-refractivity contribution in [2.24, 2.45) is 0 Å². The van der Waals surface area contributed by atoms with E-state index >= 15 is 0 Å². The first-order valence-corrected chi connectivity index (χ1v) is 6.23. The van der Waals surface area contributed by atoms with Crippen molar-refractivity contribution in [3.05, 3.63) is 0 Å². The molecule has 0 aliphatic carbocycles. The minimum atomic E-state index is -4.28. The van der Waals surface area contributed by atoms with Crippen LogP contribution >= 0.6 is 0 Å². The zero-order valence-electron chi connectivity index (χ0n) is 10.3. The zero-order valence-corrected chi connectivity index (χ0v) is 10.3. The number of hydrogen-bond acceptors (Lipinski definition) is 3. The highest BCUT2D eigenvalue weighted by Gasteiger charge is 2.49. The van der Waals surface area contributed by atoms with Gasteiger partial charge in [0.1, 0.15) is 6.04 Å². The van der Waals surface area contributed by atoms with E-state index < -0.39 is 12.2 Å². The number of nitrogens with zero attached hydrogens (tertiary/aromatic N) is 2. The van der Waals surface area contributed by atoms with Crippen molar-refractivity contribution in [2.45, 2.75) is 31.6 Å². The van der Waals surface area contributed by atoms with Crippen molar-refractivity contribution >= 4 is 5.91 Å². The first-order chi connectivity index (χ1) is 8.41. The van der Waals surface area contributed by atoms with E-state index in [1.165, 1.54) is 4.90 Å². The van der Waals surface area contributed by atoms with Gasteiger partial charge in [-0.2, -0.15) is 13.2 Å². The van der Waals surface area contributed by atoms with E-state index in [-0.39, 0.29) is 25.0 Å². The summed E-state index contributed by atoms with van der Waals surface area (Å²) in [4.78, 5) is 14.8. The summed E-state index contributed by atoms with van der Waals surface area (Å²) < 4.78 is 38.8. The van der Waals surface area contributed by atoms with Gasteiger partial charge in [0.15, 0.2) is 0 Å². The van der Waals surface area contributed by atoms with E-state index in [9.17, 15) is 18.0 Å². The molecule has 104 valence electrons. The average Bonchev–Trinajstić information content (AvgIpc) is 2.75. The van der Waals surface area contributed by atoms with Crippen LogP contribution in [0, 0.1) is 0 Å². The number of carbonyl (C=O) groups is 1. The smallest absolute Gasteiger partial charge is 0.353 e. The number of alkyl halides is 3. The molecule has 0 bridgehead atoms. The Morgan fingerprint density at radius 3 is 2.72 bits per heavy atom. The summed E-state index contributed by atoms with van der Waals surface area (Å²) in [6.45, 7) is 3.79. The number of hydrogen-bond donors (Lipinski definition) is 1. The maximum atomic E-state index is 12.9. The number of amides is 1. The van der Waals surface area contributed by atoms with E-state index in [1.807, 2.05) is 6.92 Å². The van der Waals surface area contributed by atoms with Crippen LogP contribution < -0.4 is 5.32 Å². The maximum Gasteiger partial charge on any atom is 0.405 e. The lowest BCUT2D eigenvalue weighted by molar-refractivity contribution is -0.194. The van der Waals surface area contributed by atoms with Crippen LogP contribution in [-0.2, 0) is 4.79 Å². The highest BCUT2D eigenvalue weighted by molar-refractivity contribution is 5.79. The molecule has 2 atom stereocenters. The molecule has 0 aromatic carbocycles. The molecule has 2 saturated heterocycles. The molecule has 0 spiro atoms. The van der Waals surface area contributed by atoms with Gasteiger partial charge in [-0.05, 0) is 19.5 Å². The molecule has 0 radical (unpaired) electrons. The lowest BCUT2D eigenvalue weighted by Crippen LogP contribution is -2.63. The van der Waals surface area contributed by atoms with Crippen LogP contribution in [0.5, 0.6) is 0 Å². The molecular formula is C11H18F3N3O. The number of halogens is 3. The van der Waals surface area contributed by atoms with E-state index in [0.717, 1.165) is 13.1 Å². The van der Waals surface area contributed by atoms with Gasteiger partial charge < -0.3 is 10.2 Å². The van der Waals surface area contributed by atoms with Crippen LogP contribution in [0.1, 0.15) is 13.3 Å². The quantitative estimate of drug-likeness (QED) is 0.787. The Hall–Kier alpha value is -0.820. The molecule has 7 heteroatoms. The SMILES string of the molecule is CCN1CCC(N2CC(=O)NCC2C(F)(F)F)C1. The third-order valence-electron chi connectivity index (χ3n) is 3.76. The van der Waals surface area contributed by atoms with Crippen LogP contribution in [0.3, 0.4) is 0 Å². The summed E-state index contributed by atoms with van der Waals surface area (Å²) in [7, 11) is 0. The van der Waals surface area contributed by atoms with Crippen molar-refractivity contribution in [1.82, 2.24) is 15.1 Å². The number of piperazine rings is 1. The molecule has 0 saturated carbocycles. The zero-order chi connectivity index (χ0) is 13.3. The Labute approximate surface area is 104 Å². The van der Waals surface area contributed by atoms with E-state index in [4.69, 9.17) is 0 Å². The maximum absolute atomic E-state index is 12.9. The molecule has 4 nitrogen and oxygen atoms in total. The van der Waals surface area contributed by atoms with Gasteiger partial charge in [-0.3, -0.25) is 9.69 Å². The van der Waals surface area contributed by atoms with E-state index in [1.54, 1.807) is 0 Å². The molecule has 1 amide bonds. The highest BCUT2D eigenvalue weighted by Crippen LogP contribution is 2.29. The summed E-state index contributed by atoms with van der Waals surface area (Å²) in [6.07, 6.45) is -3.58. The second-order valence-corrected chi connectivity index (χ2v) is 4.87. The first-order valence-electron chi connectivity index (χ1n) is 6.23. The van der Waals surface area contributed by atoms with Gasteiger partial charge in [0.2, 0.25) is 5.91 Å². The van der Waals surface area contributed by atoms with Crippen molar-refractivity contribution in [3.63, 3.8) is 0 Å². The van der Waals surface area contributed by atoms with Gasteiger partial charge in [-0.1, -0.05) is 6.92 Å². The molecule has 2 heterocycles. The minimum Gasteiger partial charge on any atom is -0.353 e. The fraction of sp³-hybridized carbons (Fsp3) is 0.909. The molecule has 1 N–H and O–H groups in total. The van der Waals surface area contributed by atoms with Gasteiger partial charge >= 0.3 is 6.18 Å². The summed E-state index contributed by atoms with van der Waals surface area (Å²) in [6, 6.07) is -1.71. The Kier molecular flexibility index (Phi) is 3.82. The number of rotatable bonds is 2. The molecule has 2 fully saturated rings. The fourth-order valence-electron chi connectivity index (χ4n) is 2.72. The van der Waals surface area contributed by atoms with Crippen molar-refractivity contribution in [2.75, 3.05) is 32.7 Å². The van der Waals surface area contributed by atoms with Crippen molar-refractivity contribution < 1.29 is 18.0 Å². The monoisotopic (exact) mass is 265 g/mol. The molecule has 0 aromatic rings. The third-order valence-corrected chi connectivity index (χ3v) is 3.76. The number of likely N-dealkylation sites (N-methyl/N-ethyl adjacent to an activating group) is 1. The number of nitrogens with one attached hydrogen (secondary N) is 1. The Morgan fingerprint density at radius 2 is 2.17 bits per heavy atom. The third kappa shape index (κ3) is 2.77. The van der Waals surface area contributed by atoms with E-state index in [0.29, 0.717) is 13.0 Å². The first kappa shape index (κ1) is 13.6. The van der Waals surface area contributed by atoms with Gasteiger partial charge in [0.25, 0.3) is 0 Å². The van der Waals surface area contributed by atoms with Crippen LogP contribution in [-0.4, -0.2) is 66.7 Å². The standard InChI is InChI=1S/C11H18F3N3O/c1-2-16-4-3-8(6-16)17-7-10(18)15-5-9(17)11(12,13)14/h8-9H,2-7H2,1H3,(H,15,18). The summed E-state index contributed by atoms with van der Waals surface area (Å²) in [5.41, 5.74) is 0. The topological polar surface area (TPSA) is 35.6 Å². The minimum absolute atomic E-state index is 0.146. The average molecular weight is 265 g/mol. The second kappa shape index (κ2) is 5.05. The molecule has 2 aliphatic rings. The van der Waals surface area contributed by atoms with Gasteiger partial charge in [0.05, 0.1) is 6.54 Å². The molecule has 0 aromatic heterocycles. The van der Waals surface area contributed by atoms with Crippen LogP contribution in [0.15, 0.2) is 0 Å².